The van der Waals surface area contributed by atoms with Crippen LogP contribution in [0.2, 0.25) is 0 Å². The fourth-order valence-corrected chi connectivity index (χ4v) is 4.32. The summed E-state index contributed by atoms with van der Waals surface area (Å²) in [6, 6.07) is 16.0. The Morgan fingerprint density at radius 3 is 2.36 bits per heavy atom. The van der Waals surface area contributed by atoms with E-state index in [2.05, 4.69) is 15.7 Å². The Morgan fingerprint density at radius 2 is 1.64 bits per heavy atom. The van der Waals surface area contributed by atoms with Crippen molar-refractivity contribution in [2.24, 2.45) is 0 Å². The van der Waals surface area contributed by atoms with Gasteiger partial charge < -0.3 is 4.90 Å². The van der Waals surface area contributed by atoms with E-state index in [9.17, 15) is 8.42 Å². The number of rotatable bonds is 6. The van der Waals surface area contributed by atoms with E-state index in [0.717, 1.165) is 29.7 Å². The Morgan fingerprint density at radius 1 is 1.00 bits per heavy atom. The average Bonchev–Trinajstić information content (AvgIpc) is 2.60. The van der Waals surface area contributed by atoms with Gasteiger partial charge in [0, 0.05) is 26.2 Å². The van der Waals surface area contributed by atoms with E-state index in [4.69, 9.17) is 0 Å². The summed E-state index contributed by atoms with van der Waals surface area (Å²) in [6.07, 6.45) is 0.758. The average molecular weight is 359 g/mol. The van der Waals surface area contributed by atoms with E-state index < -0.39 is 10.2 Å². The Hall–Kier alpha value is -1.73. The van der Waals surface area contributed by atoms with Gasteiger partial charge in [-0.1, -0.05) is 48.5 Å². The molecule has 0 aliphatic carbocycles. The number of hydrogen-bond donors (Lipinski definition) is 1. The molecule has 0 saturated carbocycles. The van der Waals surface area contributed by atoms with Gasteiger partial charge in [0.25, 0.3) is 10.2 Å². The fraction of sp³-hybridized carbons (Fsp3) is 0.368. The largest absolute Gasteiger partial charge is 0.305 e. The van der Waals surface area contributed by atoms with Crippen LogP contribution in [0.1, 0.15) is 22.3 Å². The number of nitrogens with one attached hydrogen (secondary N) is 1. The summed E-state index contributed by atoms with van der Waals surface area (Å²) in [4.78, 5) is 2.08. The second kappa shape index (κ2) is 7.66. The first kappa shape index (κ1) is 18.1. The molecule has 0 fully saturated rings. The lowest BCUT2D eigenvalue weighted by Crippen LogP contribution is -2.43. The summed E-state index contributed by atoms with van der Waals surface area (Å²) in [5, 5.41) is 0. The van der Waals surface area contributed by atoms with E-state index in [1.54, 1.807) is 0 Å². The van der Waals surface area contributed by atoms with Crippen molar-refractivity contribution < 1.29 is 8.42 Å². The minimum atomic E-state index is -3.50. The van der Waals surface area contributed by atoms with Crippen LogP contribution < -0.4 is 4.72 Å². The van der Waals surface area contributed by atoms with Crippen LogP contribution in [-0.2, 0) is 36.3 Å². The second-order valence-electron chi connectivity index (χ2n) is 6.68. The Bertz CT molecular complexity index is 834. The third kappa shape index (κ3) is 4.46. The minimum Gasteiger partial charge on any atom is -0.305 e. The molecule has 0 radical (unpaired) electrons. The molecule has 2 aromatic carbocycles. The highest BCUT2D eigenvalue weighted by Crippen LogP contribution is 2.20. The van der Waals surface area contributed by atoms with Crippen LogP contribution >= 0.6 is 0 Å². The first-order valence-corrected chi connectivity index (χ1v) is 9.93. The molecule has 5 nitrogen and oxygen atoms in total. The van der Waals surface area contributed by atoms with Gasteiger partial charge in [-0.3, -0.25) is 0 Å². The molecule has 0 bridgehead atoms. The van der Waals surface area contributed by atoms with Crippen molar-refractivity contribution in [3.63, 3.8) is 0 Å². The first-order valence-electron chi connectivity index (χ1n) is 8.49. The van der Waals surface area contributed by atoms with Crippen LogP contribution in [0.15, 0.2) is 48.5 Å². The predicted molar refractivity (Wildman–Crippen MR) is 100 cm³/mol. The first-order chi connectivity index (χ1) is 12.0. The Balaban J connectivity index is 1.69. The number of benzene rings is 2. The van der Waals surface area contributed by atoms with Crippen molar-refractivity contribution in [3.05, 3.63) is 70.8 Å². The van der Waals surface area contributed by atoms with Gasteiger partial charge in [-0.25, -0.2) is 0 Å². The van der Waals surface area contributed by atoms with Crippen LogP contribution in [0.4, 0.5) is 0 Å². The molecule has 3 rings (SSSR count). The number of fused-ring (bicyclic) bond motifs is 1. The molecule has 134 valence electrons. The summed E-state index contributed by atoms with van der Waals surface area (Å²) in [5.41, 5.74) is 4.48. The summed E-state index contributed by atoms with van der Waals surface area (Å²) in [6.45, 7) is 2.05. The molecule has 0 spiro atoms. The summed E-state index contributed by atoms with van der Waals surface area (Å²) in [7, 11) is 0.512. The maximum absolute atomic E-state index is 12.7. The van der Waals surface area contributed by atoms with Crippen molar-refractivity contribution in [2.45, 2.75) is 26.1 Å². The third-order valence-corrected chi connectivity index (χ3v) is 5.99. The monoisotopic (exact) mass is 359 g/mol. The van der Waals surface area contributed by atoms with Crippen molar-refractivity contribution in [3.8, 4) is 0 Å². The molecule has 0 atom stereocenters. The second-order valence-corrected chi connectivity index (χ2v) is 8.44. The molecular weight excluding hydrogens is 334 g/mol. The van der Waals surface area contributed by atoms with Gasteiger partial charge in [0.05, 0.1) is 0 Å². The Labute approximate surface area is 150 Å². The third-order valence-electron chi connectivity index (χ3n) is 4.49. The molecule has 0 unspecified atom stereocenters. The van der Waals surface area contributed by atoms with Gasteiger partial charge in [-0.05, 0) is 42.8 Å². The molecule has 2 aromatic rings. The SMILES string of the molecule is CN(C)Cc1ccccc1CNS(=O)(=O)N1CCc2ccccc2C1. The van der Waals surface area contributed by atoms with Crippen LogP contribution in [0.5, 0.6) is 0 Å². The molecule has 6 heteroatoms. The zero-order chi connectivity index (χ0) is 17.9. The van der Waals surface area contributed by atoms with Gasteiger partial charge in [0.2, 0.25) is 0 Å². The lowest BCUT2D eigenvalue weighted by Gasteiger charge is -2.28. The zero-order valence-corrected chi connectivity index (χ0v) is 15.6. The molecule has 25 heavy (non-hydrogen) atoms. The molecule has 0 amide bonds. The summed E-state index contributed by atoms with van der Waals surface area (Å²) >= 11 is 0. The minimum absolute atomic E-state index is 0.310. The summed E-state index contributed by atoms with van der Waals surface area (Å²) < 4.78 is 29.7. The molecular formula is C19H25N3O2S. The van der Waals surface area contributed by atoms with Crippen LogP contribution in [0, 0.1) is 0 Å². The maximum atomic E-state index is 12.7. The van der Waals surface area contributed by atoms with Gasteiger partial charge in [0.15, 0.2) is 0 Å². The normalized spacial score (nSPS) is 15.3. The fourth-order valence-electron chi connectivity index (χ4n) is 3.16. The van der Waals surface area contributed by atoms with Crippen LogP contribution in [0.25, 0.3) is 0 Å². The van der Waals surface area contributed by atoms with Crippen molar-refractivity contribution >= 4 is 10.2 Å². The van der Waals surface area contributed by atoms with Crippen molar-refractivity contribution in [1.82, 2.24) is 13.9 Å². The highest BCUT2D eigenvalue weighted by atomic mass is 32.2. The quantitative estimate of drug-likeness (QED) is 0.860. The van der Waals surface area contributed by atoms with Crippen LogP contribution in [-0.4, -0.2) is 38.3 Å². The maximum Gasteiger partial charge on any atom is 0.280 e. The Kier molecular flexibility index (Phi) is 5.54. The highest BCUT2D eigenvalue weighted by Gasteiger charge is 2.26. The standard InChI is InChI=1S/C19H25N3O2S/c1-21(2)14-18-9-6-4-8-17(18)13-20-25(23,24)22-12-11-16-7-3-5-10-19(16)15-22/h3-10,20H,11-15H2,1-2H3. The lowest BCUT2D eigenvalue weighted by molar-refractivity contribution is 0.383. The number of nitrogens with zero attached hydrogens (tertiary/aromatic N) is 2. The van der Waals surface area contributed by atoms with E-state index in [1.807, 2.05) is 56.6 Å². The number of hydrogen-bond acceptors (Lipinski definition) is 3. The van der Waals surface area contributed by atoms with Gasteiger partial charge in [-0.15, -0.1) is 0 Å². The zero-order valence-electron chi connectivity index (χ0n) is 14.8. The van der Waals surface area contributed by atoms with E-state index in [1.165, 1.54) is 9.87 Å². The van der Waals surface area contributed by atoms with E-state index in [-0.39, 0.29) is 0 Å². The molecule has 1 N–H and O–H groups in total. The van der Waals surface area contributed by atoms with Crippen LogP contribution in [0.3, 0.4) is 0 Å². The van der Waals surface area contributed by atoms with Crippen molar-refractivity contribution in [1.29, 1.82) is 0 Å². The van der Waals surface area contributed by atoms with E-state index in [0.29, 0.717) is 19.6 Å². The van der Waals surface area contributed by atoms with Crippen molar-refractivity contribution in [2.75, 3.05) is 20.6 Å². The molecule has 1 heterocycles. The van der Waals surface area contributed by atoms with Gasteiger partial charge in [-0.2, -0.15) is 17.4 Å². The summed E-state index contributed by atoms with van der Waals surface area (Å²) in [5.74, 6) is 0. The smallest absolute Gasteiger partial charge is 0.280 e. The predicted octanol–water partition coefficient (Wildman–Crippen LogP) is 2.14. The highest BCUT2D eigenvalue weighted by molar-refractivity contribution is 7.87. The lowest BCUT2D eigenvalue weighted by atomic mass is 10.0. The molecule has 0 aromatic heterocycles. The molecule has 1 aliphatic rings. The van der Waals surface area contributed by atoms with Gasteiger partial charge >= 0.3 is 0 Å². The van der Waals surface area contributed by atoms with E-state index >= 15 is 0 Å². The molecule has 0 saturated heterocycles. The molecule has 1 aliphatic heterocycles. The topological polar surface area (TPSA) is 52.7 Å². The van der Waals surface area contributed by atoms with Gasteiger partial charge in [0.1, 0.15) is 0 Å².